The molecule has 3 heteroatoms. The van der Waals surface area contributed by atoms with Gasteiger partial charge in [-0.25, -0.2) is 0 Å². The molecule has 136 valence electrons. The monoisotopic (exact) mass is 326 g/mol. The van der Waals surface area contributed by atoms with E-state index in [1.807, 2.05) is 0 Å². The Morgan fingerprint density at radius 1 is 1.17 bits per heavy atom. The summed E-state index contributed by atoms with van der Waals surface area (Å²) >= 11 is 0. The normalized spacial score (nSPS) is 27.5. The maximum Gasteiger partial charge on any atom is 0.306 e. The van der Waals surface area contributed by atoms with Gasteiger partial charge in [0.2, 0.25) is 0 Å². The van der Waals surface area contributed by atoms with Crippen molar-refractivity contribution in [3.63, 3.8) is 0 Å². The lowest BCUT2D eigenvalue weighted by molar-refractivity contribution is -0.148. The summed E-state index contributed by atoms with van der Waals surface area (Å²) in [6.07, 6.45) is 11.6. The second kappa shape index (κ2) is 11.1. The summed E-state index contributed by atoms with van der Waals surface area (Å²) in [4.78, 5) is 11.6. The van der Waals surface area contributed by atoms with Crippen LogP contribution in [0.25, 0.3) is 0 Å². The lowest BCUT2D eigenvalue weighted by atomic mass is 9.89. The smallest absolute Gasteiger partial charge is 0.306 e. The highest BCUT2D eigenvalue weighted by molar-refractivity contribution is 5.69. The highest BCUT2D eigenvalue weighted by Crippen LogP contribution is 2.28. The summed E-state index contributed by atoms with van der Waals surface area (Å²) in [7, 11) is 0. The summed E-state index contributed by atoms with van der Waals surface area (Å²) in [6, 6.07) is 0. The van der Waals surface area contributed by atoms with E-state index in [0.717, 1.165) is 31.6 Å². The zero-order valence-electron chi connectivity index (χ0n) is 15.9. The van der Waals surface area contributed by atoms with Crippen molar-refractivity contribution >= 4 is 5.97 Å². The first-order valence-corrected chi connectivity index (χ1v) is 9.71. The number of esters is 1. The van der Waals surface area contributed by atoms with E-state index in [1.54, 1.807) is 0 Å². The van der Waals surface area contributed by atoms with Crippen molar-refractivity contribution < 1.29 is 14.3 Å². The van der Waals surface area contributed by atoms with Crippen LogP contribution in [-0.2, 0) is 14.3 Å². The number of cyclic esters (lactones) is 1. The fraction of sp³-hybridized carbons (Fsp3) is 0.950. The van der Waals surface area contributed by atoms with Crippen LogP contribution in [0.4, 0.5) is 0 Å². The van der Waals surface area contributed by atoms with Crippen LogP contribution < -0.4 is 0 Å². The molecular weight excluding hydrogens is 288 g/mol. The zero-order valence-corrected chi connectivity index (χ0v) is 15.9. The van der Waals surface area contributed by atoms with Crippen LogP contribution in [0, 0.1) is 11.8 Å². The van der Waals surface area contributed by atoms with Crippen molar-refractivity contribution in [2.45, 2.75) is 97.5 Å². The van der Waals surface area contributed by atoms with Gasteiger partial charge in [0.05, 0.1) is 12.2 Å². The highest BCUT2D eigenvalue weighted by Gasteiger charge is 2.25. The van der Waals surface area contributed by atoms with Crippen LogP contribution in [0.3, 0.4) is 0 Å². The van der Waals surface area contributed by atoms with Crippen molar-refractivity contribution in [2.75, 3.05) is 13.2 Å². The molecule has 0 amide bonds. The molecule has 0 aromatic rings. The largest absolute Gasteiger partial charge is 0.463 e. The van der Waals surface area contributed by atoms with Crippen molar-refractivity contribution in [1.82, 2.24) is 0 Å². The molecule has 0 saturated carbocycles. The molecule has 0 radical (unpaired) electrons. The van der Waals surface area contributed by atoms with E-state index >= 15 is 0 Å². The van der Waals surface area contributed by atoms with Gasteiger partial charge in [-0.05, 0) is 31.6 Å². The van der Waals surface area contributed by atoms with Crippen LogP contribution in [0.5, 0.6) is 0 Å². The topological polar surface area (TPSA) is 35.5 Å². The molecule has 0 bridgehead atoms. The maximum atomic E-state index is 11.6. The molecule has 2 atom stereocenters. The molecule has 1 rings (SSSR count). The number of ether oxygens (including phenoxy) is 2. The van der Waals surface area contributed by atoms with Crippen molar-refractivity contribution in [3.05, 3.63) is 0 Å². The minimum atomic E-state index is -0.0742. The zero-order chi connectivity index (χ0) is 17.1. The average molecular weight is 327 g/mol. The Morgan fingerprint density at radius 2 is 1.91 bits per heavy atom. The molecule has 1 saturated heterocycles. The van der Waals surface area contributed by atoms with Gasteiger partial charge in [0.1, 0.15) is 6.61 Å². The van der Waals surface area contributed by atoms with Gasteiger partial charge >= 0.3 is 5.97 Å². The lowest BCUT2D eigenvalue weighted by Gasteiger charge is -2.30. The second-order valence-corrected chi connectivity index (χ2v) is 8.07. The number of hydrogen-bond donors (Lipinski definition) is 0. The van der Waals surface area contributed by atoms with Gasteiger partial charge in [-0.1, -0.05) is 65.7 Å². The summed E-state index contributed by atoms with van der Waals surface area (Å²) in [5.41, 5.74) is -0.0471. The van der Waals surface area contributed by atoms with Crippen molar-refractivity contribution in [1.29, 1.82) is 0 Å². The van der Waals surface area contributed by atoms with E-state index in [2.05, 4.69) is 27.7 Å². The Bertz CT molecular complexity index is 327. The molecule has 3 nitrogen and oxygen atoms in total. The first kappa shape index (κ1) is 20.5. The molecule has 1 aliphatic rings. The predicted molar refractivity (Wildman–Crippen MR) is 95.5 cm³/mol. The fourth-order valence-electron chi connectivity index (χ4n) is 3.39. The van der Waals surface area contributed by atoms with Crippen LogP contribution in [0.2, 0.25) is 0 Å². The molecule has 1 aliphatic heterocycles. The Labute approximate surface area is 143 Å². The first-order chi connectivity index (χ1) is 10.9. The van der Waals surface area contributed by atoms with E-state index in [9.17, 15) is 4.79 Å². The lowest BCUT2D eigenvalue weighted by Crippen LogP contribution is -2.30. The number of hydrogen-bond acceptors (Lipinski definition) is 3. The number of carbonyl (C=O) groups excluding carboxylic acids is 1. The molecule has 0 aromatic heterocycles. The Balaban J connectivity index is 2.32. The molecule has 2 unspecified atom stereocenters. The molecule has 1 heterocycles. The Kier molecular flexibility index (Phi) is 9.85. The van der Waals surface area contributed by atoms with Crippen molar-refractivity contribution in [2.24, 2.45) is 11.8 Å². The third-order valence-electron chi connectivity index (χ3n) is 4.95. The Hall–Kier alpha value is -0.570. The second-order valence-electron chi connectivity index (χ2n) is 8.07. The average Bonchev–Trinajstić information content (AvgIpc) is 2.49. The van der Waals surface area contributed by atoms with E-state index < -0.39 is 0 Å². The van der Waals surface area contributed by atoms with Crippen LogP contribution >= 0.6 is 0 Å². The summed E-state index contributed by atoms with van der Waals surface area (Å²) in [5.74, 6) is 1.17. The molecule has 0 N–H and O–H groups in total. The minimum absolute atomic E-state index is 0.0471. The number of rotatable bonds is 7. The predicted octanol–water partition coefficient (Wildman–Crippen LogP) is 5.51. The molecule has 23 heavy (non-hydrogen) atoms. The van der Waals surface area contributed by atoms with Gasteiger partial charge in [-0.15, -0.1) is 0 Å². The molecule has 0 aromatic carbocycles. The molecule has 0 spiro atoms. The van der Waals surface area contributed by atoms with E-state index in [4.69, 9.17) is 9.47 Å². The quantitative estimate of drug-likeness (QED) is 0.457. The van der Waals surface area contributed by atoms with Gasteiger partial charge in [0, 0.05) is 6.42 Å². The third kappa shape index (κ3) is 10.0. The standard InChI is InChI=1S/C20H38O3/c1-17(2)10-7-5-6-8-12-20(4)13-9-11-18(3)16-19(21)22-14-15-23-20/h17-18H,5-16H2,1-4H3. The van der Waals surface area contributed by atoms with E-state index in [1.165, 1.54) is 32.1 Å². The van der Waals surface area contributed by atoms with Crippen LogP contribution in [0.15, 0.2) is 0 Å². The van der Waals surface area contributed by atoms with Gasteiger partial charge in [-0.3, -0.25) is 4.79 Å². The van der Waals surface area contributed by atoms with Gasteiger partial charge in [0.15, 0.2) is 0 Å². The molecule has 0 aliphatic carbocycles. The van der Waals surface area contributed by atoms with Crippen LogP contribution in [-0.4, -0.2) is 24.8 Å². The molecular formula is C20H38O3. The SMILES string of the molecule is CC(C)CCCCCCC1(C)CCCC(C)CC(=O)OCCO1. The van der Waals surface area contributed by atoms with Gasteiger partial charge in [0.25, 0.3) is 0 Å². The summed E-state index contributed by atoms with van der Waals surface area (Å²) in [6.45, 7) is 9.91. The number of carbonyl (C=O) groups is 1. The van der Waals surface area contributed by atoms with Gasteiger partial charge in [-0.2, -0.15) is 0 Å². The number of unbranched alkanes of at least 4 members (excludes halogenated alkanes) is 3. The van der Waals surface area contributed by atoms with E-state index in [-0.39, 0.29) is 11.6 Å². The maximum absolute atomic E-state index is 11.6. The molecule has 1 fully saturated rings. The van der Waals surface area contributed by atoms with Crippen molar-refractivity contribution in [3.8, 4) is 0 Å². The van der Waals surface area contributed by atoms with Gasteiger partial charge < -0.3 is 9.47 Å². The first-order valence-electron chi connectivity index (χ1n) is 9.71. The highest BCUT2D eigenvalue weighted by atomic mass is 16.6. The van der Waals surface area contributed by atoms with E-state index in [0.29, 0.717) is 25.6 Å². The minimum Gasteiger partial charge on any atom is -0.463 e. The summed E-state index contributed by atoms with van der Waals surface area (Å²) < 4.78 is 11.4. The fourth-order valence-corrected chi connectivity index (χ4v) is 3.39. The third-order valence-corrected chi connectivity index (χ3v) is 4.95. The van der Waals surface area contributed by atoms with Crippen LogP contribution in [0.1, 0.15) is 91.9 Å². The summed E-state index contributed by atoms with van der Waals surface area (Å²) in [5, 5.41) is 0. The Morgan fingerprint density at radius 3 is 2.65 bits per heavy atom.